The molecule has 0 saturated carbocycles. The summed E-state index contributed by atoms with van der Waals surface area (Å²) < 4.78 is 0. The molecule has 4 rings (SSSR count). The van der Waals surface area contributed by atoms with Crippen LogP contribution < -0.4 is 27.4 Å². The van der Waals surface area contributed by atoms with E-state index >= 15 is 0 Å². The van der Waals surface area contributed by atoms with Gasteiger partial charge in [0.2, 0.25) is 17.7 Å². The summed E-state index contributed by atoms with van der Waals surface area (Å²) in [6.45, 7) is 0.487. The molecule has 0 fully saturated rings. The lowest BCUT2D eigenvalue weighted by atomic mass is 10.0. The van der Waals surface area contributed by atoms with Gasteiger partial charge in [-0.1, -0.05) is 42.8 Å². The highest BCUT2D eigenvalue weighted by Crippen LogP contribution is 2.21. The van der Waals surface area contributed by atoms with Gasteiger partial charge in [-0.15, -0.1) is 0 Å². The molecule has 4 unspecified atom stereocenters. The van der Waals surface area contributed by atoms with Crippen LogP contribution in [-0.2, 0) is 32.0 Å². The molecule has 2 heterocycles. The average molecular weight is 622 g/mol. The molecule has 3 amide bonds. The quantitative estimate of drug-likeness (QED) is 0.0662. The Morgan fingerprint density at radius 3 is 1.80 bits per heavy atom. The first kappa shape index (κ1) is 32.6. The second kappa shape index (κ2) is 15.4. The van der Waals surface area contributed by atoms with E-state index in [-0.39, 0.29) is 18.6 Å². The third kappa shape index (κ3) is 8.18. The number of para-hydroxylation sites is 2. The first-order chi connectivity index (χ1) is 21.2. The Kier molecular flexibility index (Phi) is 11.4. The number of hydrogen-bond acceptors (Lipinski definition) is 7. The Hall–Kier alpha value is -4.33. The van der Waals surface area contributed by atoms with E-state index in [1.54, 1.807) is 12.4 Å². The topological polar surface area (TPSA) is 208 Å². The van der Waals surface area contributed by atoms with E-state index in [9.17, 15) is 24.3 Å². The summed E-state index contributed by atoms with van der Waals surface area (Å²) in [5.41, 5.74) is 14.7. The number of carboxylic acid groups (broad SMARTS) is 1. The van der Waals surface area contributed by atoms with Crippen molar-refractivity contribution < 1.29 is 24.3 Å². The summed E-state index contributed by atoms with van der Waals surface area (Å²) in [7, 11) is 0. The summed E-state index contributed by atoms with van der Waals surface area (Å²) in [6, 6.07) is 10.6. The SMILES string of the molecule is NCCCCC(N)C(=O)NC(CS)C(=O)NC(Cc1c[nH]c2ccccc12)C(=O)NC(Cc1c[nH]c2ccccc12)C(=O)O. The number of fused-ring (bicyclic) bond motifs is 2. The second-order valence-electron chi connectivity index (χ2n) is 10.7. The molecule has 0 bridgehead atoms. The van der Waals surface area contributed by atoms with Crippen molar-refractivity contribution in [3.8, 4) is 0 Å². The van der Waals surface area contributed by atoms with Crippen molar-refractivity contribution in [1.82, 2.24) is 25.9 Å². The van der Waals surface area contributed by atoms with Gasteiger partial charge in [0, 0.05) is 52.8 Å². The van der Waals surface area contributed by atoms with Crippen molar-refractivity contribution >= 4 is 58.1 Å². The molecule has 44 heavy (non-hydrogen) atoms. The number of thiol groups is 1. The fourth-order valence-corrected chi connectivity index (χ4v) is 5.36. The van der Waals surface area contributed by atoms with Crippen molar-refractivity contribution in [3.05, 3.63) is 72.1 Å². The molecule has 0 aliphatic heterocycles. The second-order valence-corrected chi connectivity index (χ2v) is 11.1. The predicted octanol–water partition coefficient (Wildman–Crippen LogP) is 1.36. The van der Waals surface area contributed by atoms with Gasteiger partial charge in [-0.3, -0.25) is 14.4 Å². The lowest BCUT2D eigenvalue weighted by molar-refractivity contribution is -0.142. The van der Waals surface area contributed by atoms with Crippen LogP contribution in [0.25, 0.3) is 21.8 Å². The summed E-state index contributed by atoms with van der Waals surface area (Å²) in [5.74, 6) is -3.11. The van der Waals surface area contributed by atoms with Gasteiger partial charge in [0.1, 0.15) is 18.1 Å². The molecular weight excluding hydrogens is 582 g/mol. The Morgan fingerprint density at radius 2 is 1.25 bits per heavy atom. The first-order valence-electron chi connectivity index (χ1n) is 14.5. The van der Waals surface area contributed by atoms with E-state index in [1.165, 1.54) is 0 Å². The van der Waals surface area contributed by atoms with Gasteiger partial charge in [-0.05, 0) is 42.6 Å². The molecule has 10 N–H and O–H groups in total. The molecule has 2 aromatic carbocycles. The minimum absolute atomic E-state index is 0.0240. The predicted molar refractivity (Wildman–Crippen MR) is 172 cm³/mol. The summed E-state index contributed by atoms with van der Waals surface area (Å²) in [4.78, 5) is 58.3. The number of carbonyl (C=O) groups is 4. The van der Waals surface area contributed by atoms with Gasteiger partial charge in [0.15, 0.2) is 0 Å². The number of benzene rings is 2. The number of rotatable bonds is 16. The van der Waals surface area contributed by atoms with Crippen LogP contribution in [0.2, 0.25) is 0 Å². The monoisotopic (exact) mass is 621 g/mol. The van der Waals surface area contributed by atoms with E-state index in [2.05, 4.69) is 38.5 Å². The summed E-state index contributed by atoms with van der Waals surface area (Å²) >= 11 is 4.24. The van der Waals surface area contributed by atoms with E-state index in [0.29, 0.717) is 19.4 Å². The Balaban J connectivity index is 1.52. The van der Waals surface area contributed by atoms with Crippen molar-refractivity contribution in [2.45, 2.75) is 56.3 Å². The summed E-state index contributed by atoms with van der Waals surface area (Å²) in [5, 5.41) is 19.7. The number of nitrogens with two attached hydrogens (primary N) is 2. The highest BCUT2D eigenvalue weighted by Gasteiger charge is 2.31. The van der Waals surface area contributed by atoms with Crippen molar-refractivity contribution in [3.63, 3.8) is 0 Å². The molecule has 4 atom stereocenters. The molecule has 2 aromatic heterocycles. The van der Waals surface area contributed by atoms with Gasteiger partial charge in [0.25, 0.3) is 0 Å². The number of carboxylic acids is 1. The number of aromatic amines is 2. The maximum Gasteiger partial charge on any atom is 0.326 e. The largest absolute Gasteiger partial charge is 0.480 e. The van der Waals surface area contributed by atoms with E-state index in [4.69, 9.17) is 11.5 Å². The zero-order valence-electron chi connectivity index (χ0n) is 24.2. The van der Waals surface area contributed by atoms with Crippen molar-refractivity contribution in [1.29, 1.82) is 0 Å². The van der Waals surface area contributed by atoms with Gasteiger partial charge in [-0.2, -0.15) is 12.6 Å². The van der Waals surface area contributed by atoms with Crippen LogP contribution in [0.5, 0.6) is 0 Å². The van der Waals surface area contributed by atoms with Crippen molar-refractivity contribution in [2.24, 2.45) is 11.5 Å². The molecule has 12 nitrogen and oxygen atoms in total. The van der Waals surface area contributed by atoms with E-state index in [0.717, 1.165) is 39.4 Å². The minimum atomic E-state index is -1.27. The maximum atomic E-state index is 13.7. The number of nitrogens with one attached hydrogen (secondary N) is 5. The Bertz CT molecular complexity index is 1600. The Morgan fingerprint density at radius 1 is 0.750 bits per heavy atom. The number of H-pyrrole nitrogens is 2. The van der Waals surface area contributed by atoms with Crippen molar-refractivity contribution in [2.75, 3.05) is 12.3 Å². The van der Waals surface area contributed by atoms with E-state index < -0.39 is 47.9 Å². The van der Waals surface area contributed by atoms with Gasteiger partial charge >= 0.3 is 5.97 Å². The number of carbonyl (C=O) groups excluding carboxylic acids is 3. The number of hydrogen-bond donors (Lipinski definition) is 9. The zero-order chi connectivity index (χ0) is 31.6. The number of amides is 3. The van der Waals surface area contributed by atoms with Crippen LogP contribution in [0.15, 0.2) is 60.9 Å². The molecule has 234 valence electrons. The third-order valence-corrected chi connectivity index (χ3v) is 7.93. The zero-order valence-corrected chi connectivity index (χ0v) is 25.1. The molecule has 0 radical (unpaired) electrons. The fraction of sp³-hybridized carbons (Fsp3) is 0.355. The highest BCUT2D eigenvalue weighted by atomic mass is 32.1. The number of aromatic nitrogens is 2. The minimum Gasteiger partial charge on any atom is -0.480 e. The lowest BCUT2D eigenvalue weighted by Crippen LogP contribution is -2.58. The van der Waals surface area contributed by atoms with E-state index in [1.807, 2.05) is 48.5 Å². The maximum absolute atomic E-state index is 13.7. The molecule has 0 aliphatic carbocycles. The fourth-order valence-electron chi connectivity index (χ4n) is 5.11. The highest BCUT2D eigenvalue weighted by molar-refractivity contribution is 7.80. The Labute approximate surface area is 260 Å². The first-order valence-corrected chi connectivity index (χ1v) is 15.2. The van der Waals surface area contributed by atoms with Crippen LogP contribution >= 0.6 is 12.6 Å². The lowest BCUT2D eigenvalue weighted by Gasteiger charge is -2.24. The number of unbranched alkanes of at least 4 members (excludes halogenated alkanes) is 1. The number of aliphatic carboxylic acids is 1. The van der Waals surface area contributed by atoms with Gasteiger partial charge in [-0.25, -0.2) is 4.79 Å². The smallest absolute Gasteiger partial charge is 0.326 e. The standard InChI is InChI=1S/C31H39N7O5S/c32-12-6-5-9-22(33)28(39)38-27(17-44)30(41)36-25(13-18-15-34-23-10-3-1-7-20(18)23)29(40)37-26(31(42)43)14-19-16-35-24-11-4-2-8-21(19)24/h1-4,7-8,10-11,15-16,22,25-27,34-35,44H,5-6,9,12-14,17,32-33H2,(H,36,41)(H,37,40)(H,38,39)(H,42,43). The third-order valence-electron chi connectivity index (χ3n) is 7.57. The molecule has 4 aromatic rings. The molecule has 13 heteroatoms. The molecule has 0 aliphatic rings. The van der Waals surface area contributed by atoms with Crippen LogP contribution in [0, 0.1) is 0 Å². The van der Waals surface area contributed by atoms with Crippen LogP contribution in [-0.4, -0.2) is 75.2 Å². The summed E-state index contributed by atoms with van der Waals surface area (Å²) in [6.07, 6.45) is 5.35. The normalized spacial score (nSPS) is 14.1. The molecule has 0 saturated heterocycles. The molecular formula is C31H39N7O5S. The molecule has 0 spiro atoms. The average Bonchev–Trinajstić information content (AvgIpc) is 3.62. The van der Waals surface area contributed by atoms with Crippen LogP contribution in [0.4, 0.5) is 0 Å². The van der Waals surface area contributed by atoms with Gasteiger partial charge in [0.05, 0.1) is 6.04 Å². The van der Waals surface area contributed by atoms with Crippen LogP contribution in [0.3, 0.4) is 0 Å². The van der Waals surface area contributed by atoms with Crippen LogP contribution in [0.1, 0.15) is 30.4 Å². The van der Waals surface area contributed by atoms with Gasteiger partial charge < -0.3 is 42.5 Å².